The van der Waals surface area contributed by atoms with Crippen molar-refractivity contribution in [1.82, 2.24) is 19.9 Å². The van der Waals surface area contributed by atoms with Gasteiger partial charge in [-0.3, -0.25) is 4.68 Å². The number of rotatable bonds is 2. The molecule has 1 aliphatic rings. The molecule has 0 saturated carbocycles. The number of anilines is 1. The molecule has 8 heteroatoms. The number of nitrogens with zero attached hydrogens (tertiary/aromatic N) is 4. The van der Waals surface area contributed by atoms with Gasteiger partial charge in [-0.25, -0.2) is 0 Å². The average molecular weight is 267 g/mol. The molecule has 96 valence electrons. The third kappa shape index (κ3) is 1.97. The van der Waals surface area contributed by atoms with E-state index >= 15 is 0 Å². The van der Waals surface area contributed by atoms with Gasteiger partial charge >= 0.3 is 0 Å². The normalized spacial score (nSPS) is 20.2. The van der Waals surface area contributed by atoms with Crippen LogP contribution in [0.4, 0.5) is 5.82 Å². The number of hydrogen-bond acceptors (Lipinski definition) is 7. The standard InChI is InChI=1S/C10H13N5O2S/c1-15-8(11)6(4-12-15)10-13-9(14-17-10)7-5-18-3-2-16-7/h4,7H,2-3,5,11H2,1H3. The summed E-state index contributed by atoms with van der Waals surface area (Å²) in [6.07, 6.45) is 1.52. The monoisotopic (exact) mass is 267 g/mol. The Morgan fingerprint density at radius 2 is 2.44 bits per heavy atom. The molecule has 18 heavy (non-hydrogen) atoms. The lowest BCUT2D eigenvalue weighted by atomic mass is 10.3. The highest BCUT2D eigenvalue weighted by atomic mass is 32.2. The van der Waals surface area contributed by atoms with E-state index in [1.165, 1.54) is 0 Å². The number of nitrogen functional groups attached to an aromatic ring is 1. The van der Waals surface area contributed by atoms with Crippen LogP contribution in [0.1, 0.15) is 11.9 Å². The molecule has 0 amide bonds. The number of aryl methyl sites for hydroxylation is 1. The SMILES string of the molecule is Cn1ncc(-c2nc(C3CSCCO3)no2)c1N. The molecule has 3 rings (SSSR count). The van der Waals surface area contributed by atoms with Gasteiger partial charge in [0.05, 0.1) is 12.8 Å². The molecule has 2 aromatic rings. The van der Waals surface area contributed by atoms with Crippen LogP contribution in [-0.2, 0) is 11.8 Å². The zero-order valence-corrected chi connectivity index (χ0v) is 10.7. The second-order valence-electron chi connectivity index (χ2n) is 3.96. The fraction of sp³-hybridized carbons (Fsp3) is 0.500. The first-order valence-corrected chi connectivity index (χ1v) is 6.72. The van der Waals surface area contributed by atoms with Crippen molar-refractivity contribution in [3.63, 3.8) is 0 Å². The van der Waals surface area contributed by atoms with Crippen molar-refractivity contribution < 1.29 is 9.26 Å². The maximum atomic E-state index is 5.86. The first-order valence-electron chi connectivity index (χ1n) is 5.56. The molecule has 7 nitrogen and oxygen atoms in total. The van der Waals surface area contributed by atoms with Gasteiger partial charge < -0.3 is 15.0 Å². The van der Waals surface area contributed by atoms with Gasteiger partial charge in [-0.1, -0.05) is 5.16 Å². The smallest absolute Gasteiger partial charge is 0.263 e. The van der Waals surface area contributed by atoms with Crippen LogP contribution in [0.2, 0.25) is 0 Å². The Bertz CT molecular complexity index is 546. The second kappa shape index (κ2) is 4.62. The molecule has 0 spiro atoms. The maximum absolute atomic E-state index is 5.86. The second-order valence-corrected chi connectivity index (χ2v) is 5.11. The molecular formula is C10H13N5O2S. The lowest BCUT2D eigenvalue weighted by Gasteiger charge is -2.18. The summed E-state index contributed by atoms with van der Waals surface area (Å²) in [6, 6.07) is 0. The van der Waals surface area contributed by atoms with Crippen LogP contribution in [0.15, 0.2) is 10.7 Å². The quantitative estimate of drug-likeness (QED) is 0.862. The number of aromatic nitrogens is 4. The number of nitrogens with two attached hydrogens (primary N) is 1. The largest absolute Gasteiger partial charge is 0.383 e. The third-order valence-electron chi connectivity index (χ3n) is 2.76. The van der Waals surface area contributed by atoms with Crippen molar-refractivity contribution in [2.45, 2.75) is 6.10 Å². The molecule has 0 aliphatic carbocycles. The van der Waals surface area contributed by atoms with E-state index in [2.05, 4.69) is 15.2 Å². The molecule has 1 unspecified atom stereocenters. The van der Waals surface area contributed by atoms with Gasteiger partial charge in [0.1, 0.15) is 17.5 Å². The predicted molar refractivity (Wildman–Crippen MR) is 66.9 cm³/mol. The van der Waals surface area contributed by atoms with E-state index in [0.717, 1.165) is 11.5 Å². The zero-order chi connectivity index (χ0) is 12.5. The van der Waals surface area contributed by atoms with Crippen molar-refractivity contribution in [2.75, 3.05) is 23.8 Å². The van der Waals surface area contributed by atoms with Gasteiger partial charge in [0.15, 0.2) is 0 Å². The first kappa shape index (κ1) is 11.5. The molecule has 2 N–H and O–H groups in total. The molecule has 0 bridgehead atoms. The topological polar surface area (TPSA) is 92.0 Å². The van der Waals surface area contributed by atoms with Gasteiger partial charge in [-0.15, -0.1) is 0 Å². The third-order valence-corrected chi connectivity index (χ3v) is 3.75. The highest BCUT2D eigenvalue weighted by molar-refractivity contribution is 7.99. The van der Waals surface area contributed by atoms with Gasteiger partial charge in [-0.05, 0) is 0 Å². The number of ether oxygens (including phenoxy) is 1. The Morgan fingerprint density at radius 1 is 1.56 bits per heavy atom. The van der Waals surface area contributed by atoms with Gasteiger partial charge in [0, 0.05) is 18.6 Å². The Labute approximate surface area is 108 Å². The van der Waals surface area contributed by atoms with Crippen LogP contribution in [-0.4, -0.2) is 38.0 Å². The molecule has 0 radical (unpaired) electrons. The van der Waals surface area contributed by atoms with E-state index in [9.17, 15) is 0 Å². The minimum absolute atomic E-state index is 0.0980. The molecule has 3 heterocycles. The summed E-state index contributed by atoms with van der Waals surface area (Å²) in [5.74, 6) is 3.32. The lowest BCUT2D eigenvalue weighted by molar-refractivity contribution is 0.0677. The van der Waals surface area contributed by atoms with Crippen molar-refractivity contribution in [3.8, 4) is 11.5 Å². The van der Waals surface area contributed by atoms with Crippen molar-refractivity contribution >= 4 is 17.6 Å². The molecule has 1 saturated heterocycles. The zero-order valence-electron chi connectivity index (χ0n) is 9.87. The highest BCUT2D eigenvalue weighted by Crippen LogP contribution is 2.28. The van der Waals surface area contributed by atoms with E-state index in [-0.39, 0.29) is 6.10 Å². The number of thioether (sulfide) groups is 1. The summed E-state index contributed by atoms with van der Waals surface area (Å²) in [5.41, 5.74) is 6.51. The van der Waals surface area contributed by atoms with E-state index in [0.29, 0.717) is 29.7 Å². The average Bonchev–Trinajstić information content (AvgIpc) is 3.00. The molecule has 1 aliphatic heterocycles. The van der Waals surface area contributed by atoms with Crippen LogP contribution in [0, 0.1) is 0 Å². The van der Waals surface area contributed by atoms with Crippen molar-refractivity contribution in [1.29, 1.82) is 0 Å². The van der Waals surface area contributed by atoms with E-state index < -0.39 is 0 Å². The highest BCUT2D eigenvalue weighted by Gasteiger charge is 2.23. The van der Waals surface area contributed by atoms with Crippen LogP contribution < -0.4 is 5.73 Å². The van der Waals surface area contributed by atoms with Gasteiger partial charge in [-0.2, -0.15) is 21.8 Å². The lowest BCUT2D eigenvalue weighted by Crippen LogP contribution is -2.16. The number of hydrogen-bond donors (Lipinski definition) is 1. The van der Waals surface area contributed by atoms with Gasteiger partial charge in [0.2, 0.25) is 5.82 Å². The summed E-state index contributed by atoms with van der Waals surface area (Å²) in [6.45, 7) is 0.717. The van der Waals surface area contributed by atoms with Crippen LogP contribution in [0.5, 0.6) is 0 Å². The van der Waals surface area contributed by atoms with Crippen LogP contribution in [0.25, 0.3) is 11.5 Å². The molecule has 2 aromatic heterocycles. The Morgan fingerprint density at radius 3 is 3.11 bits per heavy atom. The fourth-order valence-corrected chi connectivity index (χ4v) is 2.56. The maximum Gasteiger partial charge on any atom is 0.263 e. The molecule has 1 fully saturated rings. The summed E-state index contributed by atoms with van der Waals surface area (Å²) >= 11 is 1.82. The molecular weight excluding hydrogens is 254 g/mol. The summed E-state index contributed by atoms with van der Waals surface area (Å²) in [4.78, 5) is 4.33. The molecule has 1 atom stereocenters. The Balaban J connectivity index is 1.87. The van der Waals surface area contributed by atoms with Crippen LogP contribution in [0.3, 0.4) is 0 Å². The fourth-order valence-electron chi connectivity index (χ4n) is 1.72. The minimum Gasteiger partial charge on any atom is -0.383 e. The van der Waals surface area contributed by atoms with E-state index in [4.69, 9.17) is 15.0 Å². The Hall–Kier alpha value is -1.54. The van der Waals surface area contributed by atoms with Crippen LogP contribution >= 0.6 is 11.8 Å². The minimum atomic E-state index is -0.0980. The summed E-state index contributed by atoms with van der Waals surface area (Å²) in [5, 5.41) is 7.99. The summed E-state index contributed by atoms with van der Waals surface area (Å²) in [7, 11) is 1.76. The first-order chi connectivity index (χ1) is 8.75. The Kier molecular flexibility index (Phi) is 2.96. The van der Waals surface area contributed by atoms with E-state index in [1.807, 2.05) is 11.8 Å². The van der Waals surface area contributed by atoms with Crippen molar-refractivity contribution in [2.24, 2.45) is 7.05 Å². The van der Waals surface area contributed by atoms with Gasteiger partial charge in [0.25, 0.3) is 5.89 Å². The predicted octanol–water partition coefficient (Wildman–Crippen LogP) is 0.857. The van der Waals surface area contributed by atoms with Crippen molar-refractivity contribution in [3.05, 3.63) is 12.0 Å². The summed E-state index contributed by atoms with van der Waals surface area (Å²) < 4.78 is 12.4. The molecule has 0 aromatic carbocycles. The van der Waals surface area contributed by atoms with E-state index in [1.54, 1.807) is 17.9 Å².